The molecule has 1 aromatic carbocycles. The van der Waals surface area contributed by atoms with Crippen molar-refractivity contribution in [1.29, 1.82) is 0 Å². The Morgan fingerprint density at radius 3 is 2.96 bits per heavy atom. The van der Waals surface area contributed by atoms with Crippen molar-refractivity contribution in [1.82, 2.24) is 19.9 Å². The lowest BCUT2D eigenvalue weighted by Gasteiger charge is -2.18. The molecule has 138 valence electrons. The molecule has 4 rings (SSSR count). The highest BCUT2D eigenvalue weighted by Gasteiger charge is 2.29. The quantitative estimate of drug-likeness (QED) is 0.517. The average Bonchev–Trinajstić information content (AvgIpc) is 3.27. The lowest BCUT2D eigenvalue weighted by Crippen LogP contribution is -2.23. The first kappa shape index (κ1) is 17.7. The van der Waals surface area contributed by atoms with Gasteiger partial charge in [-0.2, -0.15) is 14.9 Å². The smallest absolute Gasteiger partial charge is 0.230 e. The maximum Gasteiger partial charge on any atom is 0.230 e. The molecule has 1 aliphatic carbocycles. The Hall–Kier alpha value is -2.72. The Morgan fingerprint density at radius 1 is 1.48 bits per heavy atom. The molecule has 0 saturated heterocycles. The second-order valence-corrected chi connectivity index (χ2v) is 7.30. The van der Waals surface area contributed by atoms with Gasteiger partial charge in [-0.15, -0.1) is 11.3 Å². The maximum atomic E-state index is 14.1. The fraction of sp³-hybridized carbons (Fsp3) is 0.235. The molecule has 10 heteroatoms. The van der Waals surface area contributed by atoms with Crippen LogP contribution in [0.2, 0.25) is 0 Å². The number of thiazole rings is 1. The third-order valence-corrected chi connectivity index (χ3v) is 5.14. The molecule has 1 fully saturated rings. The molecule has 0 atom stereocenters. The molecular formula is C17H15FN6OS2. The molecule has 0 spiro atoms. The van der Waals surface area contributed by atoms with Crippen molar-refractivity contribution in [3.63, 3.8) is 0 Å². The summed E-state index contributed by atoms with van der Waals surface area (Å²) in [5.74, 6) is 0.377. The van der Waals surface area contributed by atoms with Crippen LogP contribution in [0.25, 0.3) is 0 Å². The number of hydrogen-bond donors (Lipinski definition) is 1. The number of rotatable bonds is 5. The molecular weight excluding hydrogens is 387 g/mol. The van der Waals surface area contributed by atoms with E-state index in [0.29, 0.717) is 21.5 Å². The second kappa shape index (κ2) is 7.12. The monoisotopic (exact) mass is 402 g/mol. The van der Waals surface area contributed by atoms with Crippen LogP contribution in [0.5, 0.6) is 0 Å². The number of aromatic nitrogens is 4. The topological polar surface area (TPSA) is 79.2 Å². The van der Waals surface area contributed by atoms with Gasteiger partial charge in [-0.1, -0.05) is 12.1 Å². The number of amides is 1. The molecule has 0 bridgehead atoms. The van der Waals surface area contributed by atoms with Gasteiger partial charge in [0.2, 0.25) is 10.7 Å². The van der Waals surface area contributed by atoms with E-state index in [2.05, 4.69) is 20.3 Å². The van der Waals surface area contributed by atoms with Crippen LogP contribution >= 0.6 is 23.6 Å². The van der Waals surface area contributed by atoms with E-state index in [0.717, 1.165) is 18.7 Å². The molecule has 1 aliphatic rings. The van der Waals surface area contributed by atoms with Crippen LogP contribution in [-0.2, 0) is 4.79 Å². The summed E-state index contributed by atoms with van der Waals surface area (Å²) in [5.41, 5.74) is 0.707. The summed E-state index contributed by atoms with van der Waals surface area (Å²) in [6.07, 6.45) is 3.70. The minimum Gasteiger partial charge on any atom is -0.274 e. The fourth-order valence-electron chi connectivity index (χ4n) is 2.62. The number of carbonyl (C=O) groups is 1. The Morgan fingerprint density at radius 2 is 2.26 bits per heavy atom. The van der Waals surface area contributed by atoms with E-state index >= 15 is 0 Å². The first-order chi connectivity index (χ1) is 13.0. The molecule has 0 unspecified atom stereocenters. The zero-order valence-corrected chi connectivity index (χ0v) is 15.9. The predicted molar refractivity (Wildman–Crippen MR) is 104 cm³/mol. The Bertz CT molecular complexity index is 1080. The fourth-order valence-corrected chi connectivity index (χ4v) is 3.63. The Labute approximate surface area is 163 Å². The molecule has 2 heterocycles. The van der Waals surface area contributed by atoms with Crippen LogP contribution in [0.1, 0.15) is 37.2 Å². The average molecular weight is 402 g/mol. The van der Waals surface area contributed by atoms with E-state index in [-0.39, 0.29) is 11.6 Å². The van der Waals surface area contributed by atoms with Crippen LogP contribution < -0.4 is 4.90 Å². The molecule has 2 aromatic heterocycles. The number of H-pyrrole nitrogens is 1. The highest BCUT2D eigenvalue weighted by molar-refractivity contribution is 7.71. The summed E-state index contributed by atoms with van der Waals surface area (Å²) in [6.45, 7) is 1.37. The summed E-state index contributed by atoms with van der Waals surface area (Å²) in [7, 11) is 0. The van der Waals surface area contributed by atoms with E-state index in [1.165, 1.54) is 29.2 Å². The zero-order valence-electron chi connectivity index (χ0n) is 14.3. The van der Waals surface area contributed by atoms with Crippen molar-refractivity contribution in [2.75, 3.05) is 4.90 Å². The van der Waals surface area contributed by atoms with E-state index < -0.39 is 5.82 Å². The summed E-state index contributed by atoms with van der Waals surface area (Å²) in [6, 6.07) is 6.09. The predicted octanol–water partition coefficient (Wildman–Crippen LogP) is 3.98. The van der Waals surface area contributed by atoms with E-state index in [1.807, 2.05) is 0 Å². The largest absolute Gasteiger partial charge is 0.274 e. The third-order valence-electron chi connectivity index (χ3n) is 4.03. The van der Waals surface area contributed by atoms with Gasteiger partial charge >= 0.3 is 0 Å². The standard InChI is InChI=1S/C17H15FN6OS2/c1-10(25)23(14-5-3-2-4-13(14)18)17-20-12(9-27-17)8-19-24-15(11-6-7-11)21-22-16(24)26/h2-5,8-9,11H,6-7H2,1H3,(H,22,26)/b19-8-. The van der Waals surface area contributed by atoms with Crippen LogP contribution in [0, 0.1) is 10.6 Å². The highest BCUT2D eigenvalue weighted by atomic mass is 32.1. The molecule has 3 aromatic rings. The SMILES string of the molecule is CC(=O)N(c1nc(/C=N\n2c(C3CC3)n[nH]c2=S)cs1)c1ccccc1F. The molecule has 0 aliphatic heterocycles. The van der Waals surface area contributed by atoms with Gasteiger partial charge < -0.3 is 0 Å². The number of para-hydroxylation sites is 1. The molecule has 1 amide bonds. The summed E-state index contributed by atoms with van der Waals surface area (Å²) < 4.78 is 16.1. The zero-order chi connectivity index (χ0) is 19.0. The second-order valence-electron chi connectivity index (χ2n) is 6.08. The molecule has 7 nitrogen and oxygen atoms in total. The Kier molecular flexibility index (Phi) is 4.66. The van der Waals surface area contributed by atoms with Crippen LogP contribution in [-0.4, -0.2) is 32.0 Å². The number of aromatic amines is 1. The minimum atomic E-state index is -0.489. The minimum absolute atomic E-state index is 0.163. The highest BCUT2D eigenvalue weighted by Crippen LogP contribution is 2.38. The number of hydrogen-bond acceptors (Lipinski definition) is 6. The van der Waals surface area contributed by atoms with Crippen molar-refractivity contribution in [3.8, 4) is 0 Å². The number of halogens is 1. The van der Waals surface area contributed by atoms with Gasteiger partial charge in [0, 0.05) is 18.2 Å². The van der Waals surface area contributed by atoms with Gasteiger partial charge in [-0.25, -0.2) is 9.37 Å². The van der Waals surface area contributed by atoms with Gasteiger partial charge in [0.25, 0.3) is 0 Å². The number of nitrogens with zero attached hydrogens (tertiary/aromatic N) is 5. The lowest BCUT2D eigenvalue weighted by molar-refractivity contribution is -0.115. The van der Waals surface area contributed by atoms with Gasteiger partial charge in [0.15, 0.2) is 11.0 Å². The van der Waals surface area contributed by atoms with Gasteiger partial charge in [-0.3, -0.25) is 14.8 Å². The number of carbonyl (C=O) groups excluding carboxylic acids is 1. The van der Waals surface area contributed by atoms with Crippen molar-refractivity contribution in [2.45, 2.75) is 25.7 Å². The van der Waals surface area contributed by atoms with Crippen molar-refractivity contribution in [2.24, 2.45) is 5.10 Å². The molecule has 27 heavy (non-hydrogen) atoms. The maximum absolute atomic E-state index is 14.1. The third kappa shape index (κ3) is 3.58. The van der Waals surface area contributed by atoms with Crippen LogP contribution in [0.15, 0.2) is 34.7 Å². The van der Waals surface area contributed by atoms with Gasteiger partial charge in [-0.05, 0) is 37.2 Å². The summed E-state index contributed by atoms with van der Waals surface area (Å²) in [5, 5.41) is 13.4. The van der Waals surface area contributed by atoms with Gasteiger partial charge in [0.05, 0.1) is 17.6 Å². The molecule has 1 saturated carbocycles. The van der Waals surface area contributed by atoms with Gasteiger partial charge in [0.1, 0.15) is 5.82 Å². The summed E-state index contributed by atoms with van der Waals surface area (Å²) >= 11 is 6.44. The van der Waals surface area contributed by atoms with E-state index in [4.69, 9.17) is 12.2 Å². The van der Waals surface area contributed by atoms with Crippen LogP contribution in [0.3, 0.4) is 0 Å². The number of benzene rings is 1. The lowest BCUT2D eigenvalue weighted by atomic mass is 10.3. The van der Waals surface area contributed by atoms with Crippen LogP contribution in [0.4, 0.5) is 15.2 Å². The number of anilines is 2. The summed E-state index contributed by atoms with van der Waals surface area (Å²) in [4.78, 5) is 17.7. The normalized spacial score (nSPS) is 14.0. The molecule has 1 N–H and O–H groups in total. The molecule has 0 radical (unpaired) electrons. The van der Waals surface area contributed by atoms with Crippen molar-refractivity contribution >= 4 is 46.5 Å². The van der Waals surface area contributed by atoms with E-state index in [9.17, 15) is 9.18 Å². The van der Waals surface area contributed by atoms with Crippen molar-refractivity contribution < 1.29 is 9.18 Å². The first-order valence-corrected chi connectivity index (χ1v) is 9.56. The number of nitrogens with one attached hydrogen (secondary N) is 1. The van der Waals surface area contributed by atoms with E-state index in [1.54, 1.807) is 34.5 Å². The Balaban J connectivity index is 1.63. The first-order valence-electron chi connectivity index (χ1n) is 8.27. The van der Waals surface area contributed by atoms with Crippen molar-refractivity contribution in [3.05, 3.63) is 51.8 Å².